The number of ether oxygens (including phenoxy) is 2. The number of nitrogens with two attached hydrogens (primary N) is 1. The Hall–Kier alpha value is -2.44. The van der Waals surface area contributed by atoms with Crippen LogP contribution in [0.15, 0.2) is 30.3 Å². The summed E-state index contributed by atoms with van der Waals surface area (Å²) in [5.74, 6) is 0.686. The van der Waals surface area contributed by atoms with Gasteiger partial charge in [-0.15, -0.1) is 0 Å². The molecule has 1 aromatic carbocycles. The first-order chi connectivity index (χ1) is 9.83. The van der Waals surface area contributed by atoms with Crippen molar-refractivity contribution in [1.29, 1.82) is 0 Å². The monoisotopic (exact) mass is 298 g/mol. The van der Waals surface area contributed by atoms with E-state index in [0.29, 0.717) is 17.1 Å². The Kier molecular flexibility index (Phi) is 3.93. The molecule has 0 aliphatic heterocycles. The van der Waals surface area contributed by atoms with Crippen LogP contribution in [0, 0.1) is 0 Å². The number of anilines is 1. The number of nitrogen functional groups attached to an aromatic ring is 1. The zero-order chi connectivity index (χ0) is 15.6. The fourth-order valence-electron chi connectivity index (χ4n) is 1.82. The van der Waals surface area contributed by atoms with Gasteiger partial charge in [-0.25, -0.2) is 4.98 Å². The van der Waals surface area contributed by atoms with Crippen molar-refractivity contribution >= 4 is 5.82 Å². The molecule has 0 unspecified atom stereocenters. The molecule has 0 fully saturated rings. The van der Waals surface area contributed by atoms with Crippen LogP contribution in [-0.2, 0) is 6.18 Å². The third-order valence-electron chi connectivity index (χ3n) is 2.82. The van der Waals surface area contributed by atoms with Gasteiger partial charge in [0.2, 0.25) is 0 Å². The molecule has 0 bridgehead atoms. The number of pyridine rings is 1. The number of alkyl halides is 3. The van der Waals surface area contributed by atoms with Crippen LogP contribution in [0.5, 0.6) is 11.5 Å². The van der Waals surface area contributed by atoms with Gasteiger partial charge in [0.1, 0.15) is 17.3 Å². The summed E-state index contributed by atoms with van der Waals surface area (Å²) in [6.07, 6.45) is -4.49. The highest BCUT2D eigenvalue weighted by Gasteiger charge is 2.31. The van der Waals surface area contributed by atoms with Crippen molar-refractivity contribution in [1.82, 2.24) is 4.98 Å². The minimum absolute atomic E-state index is 0.0968. The van der Waals surface area contributed by atoms with Crippen molar-refractivity contribution in [3.63, 3.8) is 0 Å². The number of hydrogen-bond acceptors (Lipinski definition) is 4. The fraction of sp³-hybridized carbons (Fsp3) is 0.214. The lowest BCUT2D eigenvalue weighted by molar-refractivity contribution is -0.137. The molecule has 112 valence electrons. The van der Waals surface area contributed by atoms with Crippen LogP contribution >= 0.6 is 0 Å². The zero-order valence-electron chi connectivity index (χ0n) is 11.4. The zero-order valence-corrected chi connectivity index (χ0v) is 11.4. The van der Waals surface area contributed by atoms with E-state index in [2.05, 4.69) is 4.98 Å². The van der Waals surface area contributed by atoms with Crippen molar-refractivity contribution < 1.29 is 22.6 Å². The minimum atomic E-state index is -4.49. The molecule has 21 heavy (non-hydrogen) atoms. The number of benzene rings is 1. The molecular weight excluding hydrogens is 285 g/mol. The summed E-state index contributed by atoms with van der Waals surface area (Å²) >= 11 is 0. The molecular formula is C14H13F3N2O2. The summed E-state index contributed by atoms with van der Waals surface area (Å²) in [5.41, 5.74) is 5.12. The van der Waals surface area contributed by atoms with Crippen molar-refractivity contribution in [3.05, 3.63) is 35.9 Å². The Morgan fingerprint density at radius 3 is 2.00 bits per heavy atom. The van der Waals surface area contributed by atoms with Gasteiger partial charge in [0.25, 0.3) is 0 Å². The first-order valence-corrected chi connectivity index (χ1v) is 5.91. The van der Waals surface area contributed by atoms with Gasteiger partial charge < -0.3 is 15.2 Å². The summed E-state index contributed by atoms with van der Waals surface area (Å²) in [7, 11) is 2.90. The van der Waals surface area contributed by atoms with E-state index in [-0.39, 0.29) is 11.5 Å². The van der Waals surface area contributed by atoms with Crippen molar-refractivity contribution in [2.75, 3.05) is 20.0 Å². The number of rotatable bonds is 3. The highest BCUT2D eigenvalue weighted by Crippen LogP contribution is 2.34. The number of aromatic nitrogens is 1. The van der Waals surface area contributed by atoms with E-state index in [9.17, 15) is 13.2 Å². The van der Waals surface area contributed by atoms with Gasteiger partial charge in [-0.05, 0) is 24.3 Å². The Morgan fingerprint density at radius 1 is 0.952 bits per heavy atom. The van der Waals surface area contributed by atoms with Crippen LogP contribution in [0.25, 0.3) is 11.3 Å². The smallest absolute Gasteiger partial charge is 0.416 e. The van der Waals surface area contributed by atoms with E-state index < -0.39 is 11.7 Å². The SMILES string of the molecule is COc1cc(OC)cc(-c2cc(C(F)(F)F)cc(N)n2)c1. The van der Waals surface area contributed by atoms with Gasteiger partial charge in [-0.3, -0.25) is 0 Å². The Labute approximate surface area is 119 Å². The summed E-state index contributed by atoms with van der Waals surface area (Å²) in [6.45, 7) is 0. The average Bonchev–Trinajstić information content (AvgIpc) is 2.45. The Morgan fingerprint density at radius 2 is 1.52 bits per heavy atom. The van der Waals surface area contributed by atoms with Gasteiger partial charge in [0.15, 0.2) is 0 Å². The molecule has 0 amide bonds. The molecule has 0 saturated heterocycles. The summed E-state index contributed by atoms with van der Waals surface area (Å²) < 4.78 is 48.6. The van der Waals surface area contributed by atoms with E-state index in [1.807, 2.05) is 0 Å². The molecule has 4 nitrogen and oxygen atoms in total. The molecule has 2 rings (SSSR count). The van der Waals surface area contributed by atoms with E-state index in [1.165, 1.54) is 14.2 Å². The summed E-state index contributed by atoms with van der Waals surface area (Å²) in [5, 5.41) is 0. The lowest BCUT2D eigenvalue weighted by Crippen LogP contribution is -2.07. The Balaban J connectivity index is 2.58. The van der Waals surface area contributed by atoms with E-state index in [1.54, 1.807) is 18.2 Å². The van der Waals surface area contributed by atoms with Crippen molar-refractivity contribution in [2.45, 2.75) is 6.18 Å². The van der Waals surface area contributed by atoms with Crippen molar-refractivity contribution in [2.24, 2.45) is 0 Å². The highest BCUT2D eigenvalue weighted by atomic mass is 19.4. The van der Waals surface area contributed by atoms with Crippen LogP contribution in [-0.4, -0.2) is 19.2 Å². The van der Waals surface area contributed by atoms with E-state index in [0.717, 1.165) is 12.1 Å². The summed E-state index contributed by atoms with van der Waals surface area (Å²) in [6, 6.07) is 6.46. The van der Waals surface area contributed by atoms with Gasteiger partial charge in [0, 0.05) is 11.6 Å². The molecule has 2 aromatic rings. The molecule has 0 atom stereocenters. The molecule has 0 saturated carbocycles. The second-order valence-electron chi connectivity index (χ2n) is 4.27. The third-order valence-corrected chi connectivity index (χ3v) is 2.82. The van der Waals surface area contributed by atoms with Crippen LogP contribution < -0.4 is 15.2 Å². The maximum Gasteiger partial charge on any atom is 0.416 e. The molecule has 2 N–H and O–H groups in total. The predicted octanol–water partition coefficient (Wildman–Crippen LogP) is 3.37. The van der Waals surface area contributed by atoms with Crippen LogP contribution in [0.3, 0.4) is 0 Å². The number of halogens is 3. The topological polar surface area (TPSA) is 57.4 Å². The maximum absolute atomic E-state index is 12.8. The van der Waals surface area contributed by atoms with E-state index in [4.69, 9.17) is 15.2 Å². The summed E-state index contributed by atoms with van der Waals surface area (Å²) in [4.78, 5) is 3.94. The van der Waals surface area contributed by atoms with Gasteiger partial charge >= 0.3 is 6.18 Å². The van der Waals surface area contributed by atoms with Crippen molar-refractivity contribution in [3.8, 4) is 22.8 Å². The standard InChI is InChI=1S/C14H13F3N2O2/c1-20-10-3-8(4-11(7-10)21-2)12-5-9(14(15,16)17)6-13(18)19-12/h3-7H,1-2H3,(H2,18,19). The van der Waals surface area contributed by atoms with Crippen LogP contribution in [0.2, 0.25) is 0 Å². The molecule has 7 heteroatoms. The lowest BCUT2D eigenvalue weighted by atomic mass is 10.1. The third kappa shape index (κ3) is 3.36. The number of hydrogen-bond donors (Lipinski definition) is 1. The van der Waals surface area contributed by atoms with Crippen LogP contribution in [0.1, 0.15) is 5.56 Å². The number of nitrogens with zero attached hydrogens (tertiary/aromatic N) is 1. The van der Waals surface area contributed by atoms with Gasteiger partial charge in [-0.1, -0.05) is 0 Å². The highest BCUT2D eigenvalue weighted by molar-refractivity contribution is 5.66. The van der Waals surface area contributed by atoms with E-state index >= 15 is 0 Å². The molecule has 0 spiro atoms. The minimum Gasteiger partial charge on any atom is -0.497 e. The predicted molar refractivity (Wildman–Crippen MR) is 72.2 cm³/mol. The van der Waals surface area contributed by atoms with Gasteiger partial charge in [-0.2, -0.15) is 13.2 Å². The molecule has 0 radical (unpaired) electrons. The first-order valence-electron chi connectivity index (χ1n) is 5.91. The molecule has 0 aliphatic rings. The Bertz CT molecular complexity index is 635. The maximum atomic E-state index is 12.8. The second-order valence-corrected chi connectivity index (χ2v) is 4.27. The largest absolute Gasteiger partial charge is 0.497 e. The normalized spacial score (nSPS) is 11.3. The first kappa shape index (κ1) is 15.0. The average molecular weight is 298 g/mol. The van der Waals surface area contributed by atoms with Crippen LogP contribution in [0.4, 0.5) is 19.0 Å². The van der Waals surface area contributed by atoms with Gasteiger partial charge in [0.05, 0.1) is 25.5 Å². The number of methoxy groups -OCH3 is 2. The quantitative estimate of drug-likeness (QED) is 0.944. The molecule has 0 aliphatic carbocycles. The lowest BCUT2D eigenvalue weighted by Gasteiger charge is -2.11. The molecule has 1 aromatic heterocycles. The fourth-order valence-corrected chi connectivity index (χ4v) is 1.82. The molecule has 1 heterocycles. The second kappa shape index (κ2) is 5.51.